The first-order valence-corrected chi connectivity index (χ1v) is 6.34. The van der Waals surface area contributed by atoms with Crippen molar-refractivity contribution in [2.24, 2.45) is 0 Å². The van der Waals surface area contributed by atoms with Gasteiger partial charge in [-0.3, -0.25) is 10.1 Å². The number of carbonyl (C=O) groups is 1. The summed E-state index contributed by atoms with van der Waals surface area (Å²) in [6, 6.07) is 14.1. The monoisotopic (exact) mass is 286 g/mol. The summed E-state index contributed by atoms with van der Waals surface area (Å²) >= 11 is 0. The number of nitrogens with zero attached hydrogens (tertiary/aromatic N) is 1. The number of carboxylic acids is 1. The van der Waals surface area contributed by atoms with Gasteiger partial charge in [-0.15, -0.1) is 0 Å². The minimum atomic E-state index is -0.975. The summed E-state index contributed by atoms with van der Waals surface area (Å²) in [4.78, 5) is 21.4. The summed E-state index contributed by atoms with van der Waals surface area (Å²) in [6.45, 7) is 0. The van der Waals surface area contributed by atoms with Crippen LogP contribution in [-0.2, 0) is 11.2 Å². The van der Waals surface area contributed by atoms with Crippen molar-refractivity contribution in [1.82, 2.24) is 0 Å². The number of hydrogen-bond acceptors (Lipinski definition) is 4. The molecule has 0 saturated heterocycles. The Morgan fingerprint density at radius 1 is 1.14 bits per heavy atom. The minimum Gasteiger partial charge on any atom is -0.480 e. The Labute approximate surface area is 121 Å². The molecule has 0 amide bonds. The molecule has 0 heterocycles. The smallest absolute Gasteiger partial charge is 0.326 e. The Hall–Kier alpha value is -2.89. The van der Waals surface area contributed by atoms with Gasteiger partial charge >= 0.3 is 5.97 Å². The average molecular weight is 286 g/mol. The zero-order valence-corrected chi connectivity index (χ0v) is 11.1. The maximum absolute atomic E-state index is 11.3. The van der Waals surface area contributed by atoms with Crippen LogP contribution in [0.2, 0.25) is 0 Å². The fourth-order valence-corrected chi connectivity index (χ4v) is 1.93. The molecule has 0 aromatic heterocycles. The van der Waals surface area contributed by atoms with E-state index in [0.717, 1.165) is 5.56 Å². The van der Waals surface area contributed by atoms with Crippen molar-refractivity contribution in [2.45, 2.75) is 12.5 Å². The van der Waals surface area contributed by atoms with Crippen molar-refractivity contribution >= 4 is 17.3 Å². The maximum Gasteiger partial charge on any atom is 0.326 e. The predicted octanol–water partition coefficient (Wildman–Crippen LogP) is 2.70. The van der Waals surface area contributed by atoms with E-state index >= 15 is 0 Å². The lowest BCUT2D eigenvalue weighted by Gasteiger charge is -2.15. The Morgan fingerprint density at radius 2 is 1.76 bits per heavy atom. The molecule has 0 unspecified atom stereocenters. The van der Waals surface area contributed by atoms with Crippen molar-refractivity contribution in [2.75, 3.05) is 5.32 Å². The molecule has 0 aliphatic heterocycles. The van der Waals surface area contributed by atoms with Gasteiger partial charge in [0.1, 0.15) is 6.04 Å². The van der Waals surface area contributed by atoms with Crippen LogP contribution in [0.25, 0.3) is 0 Å². The minimum absolute atomic E-state index is 0.0320. The number of anilines is 1. The Kier molecular flexibility index (Phi) is 4.50. The van der Waals surface area contributed by atoms with Gasteiger partial charge in [0, 0.05) is 24.2 Å². The lowest BCUT2D eigenvalue weighted by molar-refractivity contribution is -0.384. The molecule has 21 heavy (non-hydrogen) atoms. The molecule has 2 N–H and O–H groups in total. The van der Waals surface area contributed by atoms with E-state index in [-0.39, 0.29) is 5.69 Å². The highest BCUT2D eigenvalue weighted by Crippen LogP contribution is 2.17. The third-order valence-corrected chi connectivity index (χ3v) is 3.00. The van der Waals surface area contributed by atoms with Gasteiger partial charge in [-0.05, 0) is 17.7 Å². The fourth-order valence-electron chi connectivity index (χ4n) is 1.93. The van der Waals surface area contributed by atoms with E-state index in [4.69, 9.17) is 0 Å². The lowest BCUT2D eigenvalue weighted by atomic mass is 10.1. The first-order chi connectivity index (χ1) is 10.1. The maximum atomic E-state index is 11.3. The largest absolute Gasteiger partial charge is 0.480 e. The van der Waals surface area contributed by atoms with Crippen LogP contribution in [0, 0.1) is 10.1 Å². The Balaban J connectivity index is 2.09. The summed E-state index contributed by atoms with van der Waals surface area (Å²) in [5, 5.41) is 22.7. The van der Waals surface area contributed by atoms with E-state index in [2.05, 4.69) is 5.32 Å². The number of nitrogens with one attached hydrogen (secondary N) is 1. The third-order valence-electron chi connectivity index (χ3n) is 3.00. The third kappa shape index (κ3) is 4.04. The van der Waals surface area contributed by atoms with Crippen molar-refractivity contribution in [1.29, 1.82) is 0 Å². The topological polar surface area (TPSA) is 92.5 Å². The van der Waals surface area contributed by atoms with Crippen molar-refractivity contribution < 1.29 is 14.8 Å². The number of non-ortho nitro benzene ring substituents is 1. The molecule has 6 nitrogen and oxygen atoms in total. The van der Waals surface area contributed by atoms with Crippen LogP contribution in [-0.4, -0.2) is 22.0 Å². The van der Waals surface area contributed by atoms with Gasteiger partial charge in [0.05, 0.1) is 4.92 Å². The number of nitro groups is 1. The lowest BCUT2D eigenvalue weighted by Crippen LogP contribution is -2.31. The molecule has 1 atom stereocenters. The van der Waals surface area contributed by atoms with E-state index in [9.17, 15) is 20.0 Å². The van der Waals surface area contributed by atoms with Crippen LogP contribution >= 0.6 is 0 Å². The van der Waals surface area contributed by atoms with E-state index in [0.29, 0.717) is 12.1 Å². The summed E-state index contributed by atoms with van der Waals surface area (Å²) in [7, 11) is 0. The summed E-state index contributed by atoms with van der Waals surface area (Å²) in [5.74, 6) is -0.975. The van der Waals surface area contributed by atoms with E-state index in [1.807, 2.05) is 30.3 Å². The quantitative estimate of drug-likeness (QED) is 0.629. The molecular formula is C15H14N2O4. The number of carboxylic acid groups (broad SMARTS) is 1. The second-order valence-corrected chi connectivity index (χ2v) is 4.53. The number of benzene rings is 2. The highest BCUT2D eigenvalue weighted by atomic mass is 16.6. The Morgan fingerprint density at radius 3 is 2.29 bits per heavy atom. The van der Waals surface area contributed by atoms with Gasteiger partial charge in [0.15, 0.2) is 0 Å². The number of aliphatic carboxylic acids is 1. The number of nitro benzene ring substituents is 1. The van der Waals surface area contributed by atoms with Crippen LogP contribution < -0.4 is 5.32 Å². The number of rotatable bonds is 6. The van der Waals surface area contributed by atoms with Crippen LogP contribution in [0.1, 0.15) is 5.56 Å². The Bertz CT molecular complexity index is 626. The molecule has 0 radical (unpaired) electrons. The molecule has 6 heteroatoms. The second kappa shape index (κ2) is 6.51. The molecule has 2 aromatic carbocycles. The normalized spacial score (nSPS) is 11.6. The van der Waals surface area contributed by atoms with Gasteiger partial charge < -0.3 is 10.4 Å². The summed E-state index contributed by atoms with van der Waals surface area (Å²) < 4.78 is 0. The zero-order chi connectivity index (χ0) is 15.2. The standard InChI is InChI=1S/C15H14N2O4/c18-15(19)14(10-11-4-2-1-3-5-11)16-12-6-8-13(9-7-12)17(20)21/h1-9,14,16H,10H2,(H,18,19)/t14-/m0/s1. The van der Waals surface area contributed by atoms with E-state index in [1.54, 1.807) is 0 Å². The first kappa shape index (κ1) is 14.5. The molecule has 0 fully saturated rings. The van der Waals surface area contributed by atoms with Gasteiger partial charge in [-0.2, -0.15) is 0 Å². The molecule has 0 saturated carbocycles. The summed E-state index contributed by atoms with van der Waals surface area (Å²) in [5.41, 5.74) is 1.40. The second-order valence-electron chi connectivity index (χ2n) is 4.53. The SMILES string of the molecule is O=C(O)[C@H](Cc1ccccc1)Nc1ccc([N+](=O)[O-])cc1. The average Bonchev–Trinajstić information content (AvgIpc) is 2.48. The number of hydrogen-bond donors (Lipinski definition) is 2. The van der Waals surface area contributed by atoms with Crippen LogP contribution in [0.4, 0.5) is 11.4 Å². The molecule has 2 rings (SSSR count). The first-order valence-electron chi connectivity index (χ1n) is 6.34. The highest BCUT2D eigenvalue weighted by molar-refractivity contribution is 5.77. The van der Waals surface area contributed by atoms with Crippen molar-refractivity contribution in [3.63, 3.8) is 0 Å². The fraction of sp³-hybridized carbons (Fsp3) is 0.133. The van der Waals surface area contributed by atoms with Gasteiger partial charge in [-0.1, -0.05) is 30.3 Å². The predicted molar refractivity (Wildman–Crippen MR) is 78.3 cm³/mol. The molecule has 0 aliphatic carbocycles. The van der Waals surface area contributed by atoms with Crippen LogP contribution in [0.3, 0.4) is 0 Å². The molecule has 0 bridgehead atoms. The van der Waals surface area contributed by atoms with Crippen molar-refractivity contribution in [3.05, 3.63) is 70.3 Å². The molecule has 0 spiro atoms. The van der Waals surface area contributed by atoms with E-state index < -0.39 is 16.9 Å². The van der Waals surface area contributed by atoms with Crippen molar-refractivity contribution in [3.8, 4) is 0 Å². The molecule has 2 aromatic rings. The molecule has 108 valence electrons. The van der Waals surface area contributed by atoms with Gasteiger partial charge in [0.2, 0.25) is 0 Å². The van der Waals surface area contributed by atoms with Gasteiger partial charge in [-0.25, -0.2) is 4.79 Å². The van der Waals surface area contributed by atoms with Gasteiger partial charge in [0.25, 0.3) is 5.69 Å². The molecule has 0 aliphatic rings. The highest BCUT2D eigenvalue weighted by Gasteiger charge is 2.18. The van der Waals surface area contributed by atoms with Crippen LogP contribution in [0.5, 0.6) is 0 Å². The zero-order valence-electron chi connectivity index (χ0n) is 11.1. The molecular weight excluding hydrogens is 272 g/mol. The van der Waals surface area contributed by atoms with Crippen LogP contribution in [0.15, 0.2) is 54.6 Å². The summed E-state index contributed by atoms with van der Waals surface area (Å²) in [6.07, 6.45) is 0.327. The van der Waals surface area contributed by atoms with E-state index in [1.165, 1.54) is 24.3 Å².